The lowest BCUT2D eigenvalue weighted by molar-refractivity contribution is 0.621. The second-order valence-corrected chi connectivity index (χ2v) is 6.23. The van der Waals surface area contributed by atoms with Crippen LogP contribution in [0.15, 0.2) is 22.7 Å². The molecule has 5 heteroatoms. The van der Waals surface area contributed by atoms with Crippen molar-refractivity contribution < 1.29 is 4.39 Å². The quantitative estimate of drug-likeness (QED) is 0.891. The summed E-state index contributed by atoms with van der Waals surface area (Å²) in [6, 6.07) is 5.00. The average molecular weight is 338 g/mol. The summed E-state index contributed by atoms with van der Waals surface area (Å²) in [5, 5.41) is 0. The highest BCUT2D eigenvalue weighted by molar-refractivity contribution is 9.10. The molecule has 1 heterocycles. The second-order valence-electron chi connectivity index (χ2n) is 5.37. The third-order valence-electron chi connectivity index (χ3n) is 4.09. The zero-order valence-electron chi connectivity index (χ0n) is 11.4. The first kappa shape index (κ1) is 13.6. The Balaban J connectivity index is 2.05. The minimum atomic E-state index is -0.296. The summed E-state index contributed by atoms with van der Waals surface area (Å²) in [6.45, 7) is 0. The van der Waals surface area contributed by atoms with Gasteiger partial charge in [-0.05, 0) is 40.9 Å². The van der Waals surface area contributed by atoms with Crippen molar-refractivity contribution in [2.75, 3.05) is 5.73 Å². The maximum Gasteiger partial charge on any atom is 0.138 e. The molecule has 1 aliphatic rings. The van der Waals surface area contributed by atoms with Crippen molar-refractivity contribution in [1.29, 1.82) is 0 Å². The van der Waals surface area contributed by atoms with Gasteiger partial charge in [-0.2, -0.15) is 0 Å². The normalized spacial score (nSPS) is 15.9. The van der Waals surface area contributed by atoms with Crippen LogP contribution in [0.25, 0.3) is 11.3 Å². The van der Waals surface area contributed by atoms with Crippen molar-refractivity contribution in [3.8, 4) is 11.3 Å². The molecular formula is C15H17BrFN3. The molecule has 0 aliphatic heterocycles. The molecule has 0 saturated heterocycles. The van der Waals surface area contributed by atoms with Crippen LogP contribution in [0.3, 0.4) is 0 Å². The van der Waals surface area contributed by atoms with Gasteiger partial charge in [-0.25, -0.2) is 9.37 Å². The first-order valence-electron chi connectivity index (χ1n) is 6.85. The molecule has 3 rings (SSSR count). The third kappa shape index (κ3) is 2.24. The first-order chi connectivity index (χ1) is 9.58. The van der Waals surface area contributed by atoms with Crippen molar-refractivity contribution in [2.45, 2.75) is 31.6 Å². The van der Waals surface area contributed by atoms with Gasteiger partial charge < -0.3 is 10.3 Å². The van der Waals surface area contributed by atoms with E-state index in [9.17, 15) is 4.39 Å². The molecule has 1 aromatic heterocycles. The molecule has 0 unspecified atom stereocenters. The van der Waals surface area contributed by atoms with Gasteiger partial charge in [-0.1, -0.05) is 18.9 Å². The van der Waals surface area contributed by atoms with Crippen LogP contribution < -0.4 is 5.73 Å². The van der Waals surface area contributed by atoms with Crippen LogP contribution in [0, 0.1) is 5.82 Å². The Morgan fingerprint density at radius 2 is 2.05 bits per heavy atom. The van der Waals surface area contributed by atoms with E-state index in [1.54, 1.807) is 6.07 Å². The molecule has 2 N–H and O–H groups in total. The van der Waals surface area contributed by atoms with E-state index >= 15 is 0 Å². The molecule has 1 aliphatic carbocycles. The summed E-state index contributed by atoms with van der Waals surface area (Å²) in [4.78, 5) is 4.69. The molecule has 1 saturated carbocycles. The summed E-state index contributed by atoms with van der Waals surface area (Å²) in [5.74, 6) is 1.82. The summed E-state index contributed by atoms with van der Waals surface area (Å²) in [6.07, 6.45) is 4.83. The fraction of sp³-hybridized carbons (Fsp3) is 0.400. The number of anilines is 1. The number of imidazole rings is 1. The number of benzene rings is 1. The monoisotopic (exact) mass is 337 g/mol. The zero-order valence-corrected chi connectivity index (χ0v) is 13.0. The van der Waals surface area contributed by atoms with Crippen LogP contribution in [0.2, 0.25) is 0 Å². The van der Waals surface area contributed by atoms with Gasteiger partial charge in [0.25, 0.3) is 0 Å². The smallest absolute Gasteiger partial charge is 0.138 e. The van der Waals surface area contributed by atoms with Gasteiger partial charge >= 0.3 is 0 Å². The Labute approximate surface area is 126 Å². The van der Waals surface area contributed by atoms with E-state index in [0.717, 1.165) is 11.4 Å². The summed E-state index contributed by atoms with van der Waals surface area (Å²) in [5.41, 5.74) is 7.56. The van der Waals surface area contributed by atoms with Crippen LogP contribution in [0.4, 0.5) is 10.2 Å². The van der Waals surface area contributed by atoms with Gasteiger partial charge in [0.2, 0.25) is 0 Å². The van der Waals surface area contributed by atoms with E-state index in [1.165, 1.54) is 31.7 Å². The predicted octanol–water partition coefficient (Wildman–Crippen LogP) is 4.23. The van der Waals surface area contributed by atoms with E-state index in [1.807, 2.05) is 17.7 Å². The summed E-state index contributed by atoms with van der Waals surface area (Å²) < 4.78 is 16.1. The van der Waals surface area contributed by atoms with Crippen LogP contribution in [-0.2, 0) is 7.05 Å². The van der Waals surface area contributed by atoms with Gasteiger partial charge in [-0.15, -0.1) is 0 Å². The molecule has 0 spiro atoms. The van der Waals surface area contributed by atoms with Crippen LogP contribution in [-0.4, -0.2) is 9.55 Å². The Kier molecular flexibility index (Phi) is 3.54. The number of hydrogen-bond acceptors (Lipinski definition) is 2. The number of nitrogens with zero attached hydrogens (tertiary/aromatic N) is 2. The molecular weight excluding hydrogens is 321 g/mol. The predicted molar refractivity (Wildman–Crippen MR) is 81.9 cm³/mol. The topological polar surface area (TPSA) is 43.8 Å². The van der Waals surface area contributed by atoms with Gasteiger partial charge in [0.15, 0.2) is 0 Å². The van der Waals surface area contributed by atoms with Crippen LogP contribution >= 0.6 is 15.9 Å². The number of nitrogens with two attached hydrogens (primary N) is 1. The Morgan fingerprint density at radius 3 is 2.70 bits per heavy atom. The zero-order chi connectivity index (χ0) is 14.3. The lowest BCUT2D eigenvalue weighted by Gasteiger charge is -2.08. The lowest BCUT2D eigenvalue weighted by atomic mass is 10.1. The lowest BCUT2D eigenvalue weighted by Crippen LogP contribution is -2.05. The minimum Gasteiger partial charge on any atom is -0.383 e. The standard InChI is InChI=1S/C15H17BrFN3/c1-20-14(18)13(10-6-7-11(16)12(17)8-10)19-15(20)9-4-2-3-5-9/h6-9H,2-5,18H2,1H3. The fourth-order valence-corrected chi connectivity index (χ4v) is 3.18. The Morgan fingerprint density at radius 1 is 1.35 bits per heavy atom. The molecule has 106 valence electrons. The van der Waals surface area contributed by atoms with Gasteiger partial charge in [0.05, 0.1) is 4.47 Å². The number of halogens is 2. The van der Waals surface area contributed by atoms with Crippen molar-refractivity contribution in [3.63, 3.8) is 0 Å². The number of nitrogen functional groups attached to an aromatic ring is 1. The minimum absolute atomic E-state index is 0.296. The highest BCUT2D eigenvalue weighted by Crippen LogP contribution is 2.37. The first-order valence-corrected chi connectivity index (χ1v) is 7.64. The molecule has 0 atom stereocenters. The molecule has 0 radical (unpaired) electrons. The Bertz CT molecular complexity index is 645. The van der Waals surface area contributed by atoms with Crippen LogP contribution in [0.5, 0.6) is 0 Å². The molecule has 0 amide bonds. The van der Waals surface area contributed by atoms with E-state index in [2.05, 4.69) is 20.9 Å². The number of hydrogen-bond donors (Lipinski definition) is 1. The highest BCUT2D eigenvalue weighted by atomic mass is 79.9. The van der Waals surface area contributed by atoms with Crippen molar-refractivity contribution >= 4 is 21.7 Å². The summed E-state index contributed by atoms with van der Waals surface area (Å²) >= 11 is 3.16. The molecule has 20 heavy (non-hydrogen) atoms. The van der Waals surface area contributed by atoms with Crippen molar-refractivity contribution in [2.24, 2.45) is 7.05 Å². The largest absolute Gasteiger partial charge is 0.383 e. The van der Waals surface area contributed by atoms with E-state index in [0.29, 0.717) is 21.9 Å². The Hall–Kier alpha value is -1.36. The number of aromatic nitrogens is 2. The molecule has 1 fully saturated rings. The molecule has 2 aromatic rings. The van der Waals surface area contributed by atoms with E-state index in [-0.39, 0.29) is 5.82 Å². The van der Waals surface area contributed by atoms with Crippen LogP contribution in [0.1, 0.15) is 37.4 Å². The molecule has 0 bridgehead atoms. The van der Waals surface area contributed by atoms with Crippen molar-refractivity contribution in [1.82, 2.24) is 9.55 Å². The maximum absolute atomic E-state index is 13.7. The van der Waals surface area contributed by atoms with E-state index in [4.69, 9.17) is 5.73 Å². The summed E-state index contributed by atoms with van der Waals surface area (Å²) in [7, 11) is 1.94. The second kappa shape index (κ2) is 5.20. The highest BCUT2D eigenvalue weighted by Gasteiger charge is 2.24. The van der Waals surface area contributed by atoms with Gasteiger partial charge in [0.1, 0.15) is 23.2 Å². The fourth-order valence-electron chi connectivity index (χ4n) is 2.93. The van der Waals surface area contributed by atoms with E-state index < -0.39 is 0 Å². The molecule has 3 nitrogen and oxygen atoms in total. The average Bonchev–Trinajstić information content (AvgIpc) is 3.04. The SMILES string of the molecule is Cn1c(C2CCCC2)nc(-c2ccc(Br)c(F)c2)c1N. The molecule has 1 aromatic carbocycles. The van der Waals surface area contributed by atoms with Gasteiger partial charge in [-0.3, -0.25) is 0 Å². The van der Waals surface area contributed by atoms with Gasteiger partial charge in [0, 0.05) is 18.5 Å². The third-order valence-corrected chi connectivity index (χ3v) is 4.73. The number of rotatable bonds is 2. The maximum atomic E-state index is 13.7. The van der Waals surface area contributed by atoms with Crippen molar-refractivity contribution in [3.05, 3.63) is 34.3 Å².